The van der Waals surface area contributed by atoms with E-state index >= 15 is 0 Å². The summed E-state index contributed by atoms with van der Waals surface area (Å²) in [6.07, 6.45) is 7.20. The molecule has 3 rings (SSSR count). The van der Waals surface area contributed by atoms with Gasteiger partial charge in [-0.05, 0) is 24.3 Å². The van der Waals surface area contributed by atoms with Crippen LogP contribution >= 0.6 is 0 Å². The average molecular weight is 346 g/mol. The quantitative estimate of drug-likeness (QED) is 0.767. The maximum Gasteiger partial charge on any atom is 0.315 e. The van der Waals surface area contributed by atoms with Crippen molar-refractivity contribution in [3.8, 4) is 0 Å². The first kappa shape index (κ1) is 18.2. The van der Waals surface area contributed by atoms with E-state index in [1.165, 1.54) is 19.3 Å². The molecule has 0 aromatic heterocycles. The number of rotatable bonds is 5. The largest absolute Gasteiger partial charge is 0.388 e. The predicted octanol–water partition coefficient (Wildman–Crippen LogP) is 3.15. The van der Waals surface area contributed by atoms with Gasteiger partial charge in [-0.1, -0.05) is 49.6 Å². The molecule has 1 saturated carbocycles. The van der Waals surface area contributed by atoms with E-state index in [9.17, 15) is 9.90 Å². The van der Waals surface area contributed by atoms with Gasteiger partial charge in [0.05, 0.1) is 11.6 Å². The van der Waals surface area contributed by atoms with Crippen molar-refractivity contribution >= 4 is 6.03 Å². The fourth-order valence-electron chi connectivity index (χ4n) is 3.97. The molecule has 0 bridgehead atoms. The highest BCUT2D eigenvalue weighted by molar-refractivity contribution is 5.74. The van der Waals surface area contributed by atoms with Crippen LogP contribution in [-0.4, -0.2) is 36.5 Å². The molecule has 1 saturated heterocycles. The number of urea groups is 1. The molecule has 0 unspecified atom stereocenters. The van der Waals surface area contributed by atoms with Crippen molar-refractivity contribution in [1.82, 2.24) is 10.6 Å². The van der Waals surface area contributed by atoms with Crippen molar-refractivity contribution < 1.29 is 14.6 Å². The molecular weight excluding hydrogens is 316 g/mol. The lowest BCUT2D eigenvalue weighted by Crippen LogP contribution is -2.50. The van der Waals surface area contributed by atoms with E-state index in [1.807, 2.05) is 18.2 Å². The molecule has 25 heavy (non-hydrogen) atoms. The standard InChI is InChI=1S/C20H30N2O3/c23-19(21-15-20(24)11-13-25-14-12-20)22-18(16-7-3-1-4-8-16)17-9-5-2-6-10-17/h1,3-4,7-8,17-18,24H,2,5-6,9-15H2,(H2,21,22,23)/t18-/m0/s1. The Hall–Kier alpha value is -1.59. The SMILES string of the molecule is O=C(NCC1(O)CCOCC1)N[C@@H](c1ccccc1)C1CCCCC1. The third kappa shape index (κ3) is 5.19. The van der Waals surface area contributed by atoms with Crippen LogP contribution in [0.4, 0.5) is 4.79 Å². The number of carbonyl (C=O) groups excluding carboxylic acids is 1. The zero-order valence-corrected chi connectivity index (χ0v) is 14.9. The molecule has 138 valence electrons. The van der Waals surface area contributed by atoms with Gasteiger partial charge in [0, 0.05) is 32.6 Å². The van der Waals surface area contributed by atoms with Gasteiger partial charge >= 0.3 is 6.03 Å². The monoisotopic (exact) mass is 346 g/mol. The number of nitrogens with one attached hydrogen (secondary N) is 2. The van der Waals surface area contributed by atoms with Crippen LogP contribution in [0.15, 0.2) is 30.3 Å². The lowest BCUT2D eigenvalue weighted by atomic mass is 9.81. The van der Waals surface area contributed by atoms with E-state index in [1.54, 1.807) is 0 Å². The van der Waals surface area contributed by atoms with E-state index in [0.29, 0.717) is 32.0 Å². The Labute approximate surface area is 150 Å². The van der Waals surface area contributed by atoms with Crippen LogP contribution in [0, 0.1) is 5.92 Å². The maximum atomic E-state index is 12.5. The van der Waals surface area contributed by atoms with Crippen molar-refractivity contribution in [2.24, 2.45) is 5.92 Å². The zero-order valence-electron chi connectivity index (χ0n) is 14.9. The van der Waals surface area contributed by atoms with Crippen molar-refractivity contribution in [3.63, 3.8) is 0 Å². The summed E-state index contributed by atoms with van der Waals surface area (Å²) >= 11 is 0. The zero-order chi connectivity index (χ0) is 17.5. The lowest BCUT2D eigenvalue weighted by Gasteiger charge is -2.34. The topological polar surface area (TPSA) is 70.6 Å². The molecule has 0 radical (unpaired) electrons. The molecule has 5 heteroatoms. The molecule has 5 nitrogen and oxygen atoms in total. The molecule has 1 aliphatic carbocycles. The number of amides is 2. The second-order valence-corrected chi connectivity index (χ2v) is 7.45. The van der Waals surface area contributed by atoms with Crippen molar-refractivity contribution in [1.29, 1.82) is 0 Å². The van der Waals surface area contributed by atoms with Gasteiger partial charge in [-0.25, -0.2) is 4.79 Å². The highest BCUT2D eigenvalue weighted by atomic mass is 16.5. The van der Waals surface area contributed by atoms with Gasteiger partial charge in [-0.3, -0.25) is 0 Å². The summed E-state index contributed by atoms with van der Waals surface area (Å²) in [6, 6.07) is 10.1. The first-order chi connectivity index (χ1) is 12.2. The van der Waals surface area contributed by atoms with Crippen molar-refractivity contribution in [2.75, 3.05) is 19.8 Å². The van der Waals surface area contributed by atoms with Crippen LogP contribution < -0.4 is 10.6 Å². The van der Waals surface area contributed by atoms with Gasteiger partial charge in [0.1, 0.15) is 0 Å². The molecule has 1 aliphatic heterocycles. The Bertz CT molecular complexity index is 537. The summed E-state index contributed by atoms with van der Waals surface area (Å²) in [5.74, 6) is 0.480. The smallest absolute Gasteiger partial charge is 0.315 e. The maximum absolute atomic E-state index is 12.5. The van der Waals surface area contributed by atoms with Crippen LogP contribution in [0.25, 0.3) is 0 Å². The van der Waals surface area contributed by atoms with Crippen molar-refractivity contribution in [2.45, 2.75) is 56.6 Å². The number of carbonyl (C=O) groups is 1. The summed E-state index contributed by atoms with van der Waals surface area (Å²) in [4.78, 5) is 12.5. The van der Waals surface area contributed by atoms with E-state index in [0.717, 1.165) is 18.4 Å². The second kappa shape index (κ2) is 8.68. The Morgan fingerprint density at radius 3 is 2.52 bits per heavy atom. The first-order valence-electron chi connectivity index (χ1n) is 9.56. The molecular formula is C20H30N2O3. The normalized spacial score (nSPS) is 22.1. The molecule has 2 amide bonds. The van der Waals surface area contributed by atoms with E-state index in [4.69, 9.17) is 4.74 Å². The van der Waals surface area contributed by atoms with Crippen LogP contribution in [0.3, 0.4) is 0 Å². The number of hydrogen-bond acceptors (Lipinski definition) is 3. The van der Waals surface area contributed by atoms with E-state index < -0.39 is 5.60 Å². The summed E-state index contributed by atoms with van der Waals surface area (Å²) in [7, 11) is 0. The van der Waals surface area contributed by atoms with Gasteiger partial charge in [0.25, 0.3) is 0 Å². The van der Waals surface area contributed by atoms with Gasteiger partial charge < -0.3 is 20.5 Å². The third-order valence-electron chi connectivity index (χ3n) is 5.57. The molecule has 2 fully saturated rings. The van der Waals surface area contributed by atoms with Crippen molar-refractivity contribution in [3.05, 3.63) is 35.9 Å². The lowest BCUT2D eigenvalue weighted by molar-refractivity contribution is -0.0601. The Morgan fingerprint density at radius 2 is 1.84 bits per heavy atom. The summed E-state index contributed by atoms with van der Waals surface area (Å²) in [6.45, 7) is 1.37. The van der Waals surface area contributed by atoms with Crippen LogP contribution in [-0.2, 0) is 4.74 Å². The van der Waals surface area contributed by atoms with Gasteiger partial charge in [0.15, 0.2) is 0 Å². The molecule has 0 spiro atoms. The highest BCUT2D eigenvalue weighted by Gasteiger charge is 2.31. The minimum atomic E-state index is -0.845. The van der Waals surface area contributed by atoms with Gasteiger partial charge in [-0.2, -0.15) is 0 Å². The Kier molecular flexibility index (Phi) is 6.32. The summed E-state index contributed by atoms with van der Waals surface area (Å²) in [5.41, 5.74) is 0.317. The van der Waals surface area contributed by atoms with E-state index in [2.05, 4.69) is 22.8 Å². The summed E-state index contributed by atoms with van der Waals surface area (Å²) in [5, 5.41) is 16.5. The predicted molar refractivity (Wildman–Crippen MR) is 97.3 cm³/mol. The molecule has 1 heterocycles. The van der Waals surface area contributed by atoms with E-state index in [-0.39, 0.29) is 18.6 Å². The Balaban J connectivity index is 1.60. The van der Waals surface area contributed by atoms with Crippen LogP contribution in [0.5, 0.6) is 0 Å². The fraction of sp³-hybridized carbons (Fsp3) is 0.650. The minimum Gasteiger partial charge on any atom is -0.388 e. The fourth-order valence-corrected chi connectivity index (χ4v) is 3.97. The van der Waals surface area contributed by atoms with Gasteiger partial charge in [-0.15, -0.1) is 0 Å². The van der Waals surface area contributed by atoms with Crippen LogP contribution in [0.1, 0.15) is 56.6 Å². The number of hydrogen-bond donors (Lipinski definition) is 3. The molecule has 1 aromatic carbocycles. The molecule has 2 aliphatic rings. The highest BCUT2D eigenvalue weighted by Crippen LogP contribution is 2.34. The molecule has 1 aromatic rings. The number of benzene rings is 1. The molecule has 1 atom stereocenters. The second-order valence-electron chi connectivity index (χ2n) is 7.45. The van der Waals surface area contributed by atoms with Crippen LogP contribution in [0.2, 0.25) is 0 Å². The number of aliphatic hydroxyl groups is 1. The van der Waals surface area contributed by atoms with Gasteiger partial charge in [0.2, 0.25) is 0 Å². The minimum absolute atomic E-state index is 0.0332. The Morgan fingerprint density at radius 1 is 1.16 bits per heavy atom. The number of ether oxygens (including phenoxy) is 1. The first-order valence-corrected chi connectivity index (χ1v) is 9.56. The summed E-state index contributed by atoms with van der Waals surface area (Å²) < 4.78 is 5.29. The molecule has 3 N–H and O–H groups in total. The average Bonchev–Trinajstić information content (AvgIpc) is 2.66. The third-order valence-corrected chi connectivity index (χ3v) is 5.57.